The third kappa shape index (κ3) is 5.53. The molecule has 1 amide bonds. The molecule has 2 aromatic carbocycles. The highest BCUT2D eigenvalue weighted by molar-refractivity contribution is 5.95. The summed E-state index contributed by atoms with van der Waals surface area (Å²) >= 11 is 0. The quantitative estimate of drug-likeness (QED) is 0.400. The van der Waals surface area contributed by atoms with Crippen LogP contribution < -0.4 is 19.9 Å². The lowest BCUT2D eigenvalue weighted by molar-refractivity contribution is -0.133. The third-order valence-corrected chi connectivity index (χ3v) is 9.36. The lowest BCUT2D eigenvalue weighted by atomic mass is 10.0. The Morgan fingerprint density at radius 2 is 2.00 bits per heavy atom. The number of hydrogen-bond acceptors (Lipinski definition) is 10. The van der Waals surface area contributed by atoms with Gasteiger partial charge in [0.15, 0.2) is 0 Å². The minimum atomic E-state index is -0.200. The molecule has 5 heterocycles. The van der Waals surface area contributed by atoms with Crippen molar-refractivity contribution in [2.24, 2.45) is 0 Å². The summed E-state index contributed by atoms with van der Waals surface area (Å²) in [6, 6.07) is 14.4. The van der Waals surface area contributed by atoms with Crippen molar-refractivity contribution in [3.63, 3.8) is 0 Å². The van der Waals surface area contributed by atoms with E-state index in [1.54, 1.807) is 6.07 Å². The van der Waals surface area contributed by atoms with Gasteiger partial charge in [-0.2, -0.15) is 15.2 Å². The Balaban J connectivity index is 1.21. The highest BCUT2D eigenvalue weighted by Gasteiger charge is 2.39. The normalized spacial score (nSPS) is 23.7. The van der Waals surface area contributed by atoms with Gasteiger partial charge in [0.2, 0.25) is 5.91 Å². The third-order valence-electron chi connectivity index (χ3n) is 9.36. The zero-order valence-corrected chi connectivity index (χ0v) is 24.6. The maximum atomic E-state index is 13.0. The van der Waals surface area contributed by atoms with Crippen LogP contribution in [-0.4, -0.2) is 102 Å². The van der Waals surface area contributed by atoms with Crippen molar-refractivity contribution in [1.82, 2.24) is 25.1 Å². The molecule has 43 heavy (non-hydrogen) atoms. The van der Waals surface area contributed by atoms with Gasteiger partial charge in [0.25, 0.3) is 0 Å². The number of aromatic nitrogens is 2. The first-order valence-electron chi connectivity index (χ1n) is 15.3. The predicted octanol–water partition coefficient (Wildman–Crippen LogP) is 2.27. The van der Waals surface area contributed by atoms with E-state index < -0.39 is 0 Å². The van der Waals surface area contributed by atoms with E-state index in [2.05, 4.69) is 39.2 Å². The smallest absolute Gasteiger partial charge is 0.318 e. The van der Waals surface area contributed by atoms with Crippen LogP contribution in [0.2, 0.25) is 0 Å². The Morgan fingerprint density at radius 1 is 1.14 bits per heavy atom. The lowest BCUT2D eigenvalue weighted by Gasteiger charge is -2.42. The van der Waals surface area contributed by atoms with Gasteiger partial charge in [-0.1, -0.05) is 24.3 Å². The summed E-state index contributed by atoms with van der Waals surface area (Å²) in [6.07, 6.45) is 3.26. The van der Waals surface area contributed by atoms with Crippen molar-refractivity contribution in [3.05, 3.63) is 47.7 Å². The number of hydrogen-bond donors (Lipinski definition) is 2. The van der Waals surface area contributed by atoms with E-state index in [9.17, 15) is 15.2 Å². The highest BCUT2D eigenvalue weighted by Crippen LogP contribution is 2.37. The van der Waals surface area contributed by atoms with Gasteiger partial charge in [-0.05, 0) is 44.3 Å². The number of carbonyl (C=O) groups excluding carboxylic acids is 1. The average molecular weight is 583 g/mol. The number of nitrogens with one attached hydrogen (secondary N) is 1. The molecule has 11 heteroatoms. The van der Waals surface area contributed by atoms with Crippen LogP contribution in [0.3, 0.4) is 0 Å². The number of carbonyl (C=O) groups is 1. The maximum absolute atomic E-state index is 13.0. The summed E-state index contributed by atoms with van der Waals surface area (Å²) in [4.78, 5) is 31.6. The van der Waals surface area contributed by atoms with E-state index in [0.717, 1.165) is 65.9 Å². The molecule has 11 nitrogen and oxygen atoms in total. The second kappa shape index (κ2) is 11.5. The Labute approximate surface area is 251 Å². The molecule has 0 bridgehead atoms. The van der Waals surface area contributed by atoms with Crippen molar-refractivity contribution in [1.29, 1.82) is 5.26 Å². The van der Waals surface area contributed by atoms with Gasteiger partial charge in [0.1, 0.15) is 18.2 Å². The molecule has 0 unspecified atom stereocenters. The van der Waals surface area contributed by atoms with E-state index in [1.165, 1.54) is 0 Å². The number of nitriles is 1. The number of piperazine rings is 1. The SMILES string of the molecule is CN1CCC[C@H]1COc1nc2c(c(N3CCN(C(=O)[C@H]4CN4)[C@@H](CC#N)C3)n1)CCN(c1cc(O)cc3ccccc13)C2. The van der Waals surface area contributed by atoms with Gasteiger partial charge >= 0.3 is 6.01 Å². The van der Waals surface area contributed by atoms with E-state index in [1.807, 2.05) is 29.2 Å². The zero-order chi connectivity index (χ0) is 29.5. The summed E-state index contributed by atoms with van der Waals surface area (Å²) < 4.78 is 6.29. The number of likely N-dealkylation sites (N-methyl/N-ethyl adjacent to an activating group) is 1. The van der Waals surface area contributed by atoms with Crippen LogP contribution in [0.4, 0.5) is 11.5 Å². The van der Waals surface area contributed by atoms with Gasteiger partial charge in [0, 0.05) is 61.5 Å². The molecule has 4 aliphatic heterocycles. The number of nitrogens with zero attached hydrogens (tertiary/aromatic N) is 7. The van der Waals surface area contributed by atoms with Crippen LogP contribution in [0.15, 0.2) is 36.4 Å². The first kappa shape index (κ1) is 27.7. The van der Waals surface area contributed by atoms with Gasteiger partial charge in [-0.15, -0.1) is 0 Å². The van der Waals surface area contributed by atoms with E-state index >= 15 is 0 Å². The van der Waals surface area contributed by atoms with Crippen LogP contribution in [0.1, 0.15) is 30.5 Å². The number of fused-ring (bicyclic) bond motifs is 2. The minimum absolute atomic E-state index is 0.0864. The number of aromatic hydroxyl groups is 1. The minimum Gasteiger partial charge on any atom is -0.508 e. The summed E-state index contributed by atoms with van der Waals surface area (Å²) in [5.41, 5.74) is 2.98. The number of likely N-dealkylation sites (tertiary alicyclic amines) is 1. The van der Waals surface area contributed by atoms with Crippen LogP contribution in [0.25, 0.3) is 10.8 Å². The second-order valence-electron chi connectivity index (χ2n) is 12.2. The summed E-state index contributed by atoms with van der Waals surface area (Å²) in [5, 5.41) is 25.3. The molecule has 0 radical (unpaired) electrons. The van der Waals surface area contributed by atoms with Gasteiger partial charge in [-0.25, -0.2) is 0 Å². The fourth-order valence-corrected chi connectivity index (χ4v) is 6.87. The second-order valence-corrected chi connectivity index (χ2v) is 12.2. The average Bonchev–Trinajstić information content (AvgIpc) is 3.79. The van der Waals surface area contributed by atoms with Crippen molar-refractivity contribution >= 4 is 28.2 Å². The molecular formula is C32H38N8O3. The number of anilines is 2. The number of phenolic OH excluding ortho intramolecular Hbond substituents is 1. The fourth-order valence-electron chi connectivity index (χ4n) is 6.87. The largest absolute Gasteiger partial charge is 0.508 e. The Hall–Kier alpha value is -4.14. The van der Waals surface area contributed by atoms with Crippen molar-refractivity contribution in [2.45, 2.75) is 50.4 Å². The molecule has 3 atom stereocenters. The fraction of sp³-hybridized carbons (Fsp3) is 0.500. The molecule has 0 saturated carbocycles. The molecule has 2 N–H and O–H groups in total. The van der Waals surface area contributed by atoms with E-state index in [-0.39, 0.29) is 30.2 Å². The molecule has 0 aliphatic carbocycles. The summed E-state index contributed by atoms with van der Waals surface area (Å²) in [7, 11) is 2.13. The van der Waals surface area contributed by atoms with Gasteiger partial charge < -0.3 is 34.8 Å². The summed E-state index contributed by atoms with van der Waals surface area (Å²) in [5.74, 6) is 1.17. The molecule has 4 aliphatic rings. The van der Waals surface area contributed by atoms with Gasteiger partial charge in [0.05, 0.1) is 36.8 Å². The standard InChI is InChI=1S/C32H38N8O3/c1-37-11-4-6-23(37)20-43-32-35-28-19-38(29-16-24(41)15-21-5-2-3-7-25(21)29)12-9-26(28)30(36-32)39-13-14-40(22(18-39)8-10-33)31(42)27-17-34-27/h2-3,5,7,15-16,22-23,27,34,41H,4,6,8-9,11-14,17-20H2,1H3/t22-,23-,27+/m0/s1. The highest BCUT2D eigenvalue weighted by atomic mass is 16.5. The maximum Gasteiger partial charge on any atom is 0.318 e. The number of ether oxygens (including phenoxy) is 1. The Morgan fingerprint density at radius 3 is 2.79 bits per heavy atom. The monoisotopic (exact) mass is 582 g/mol. The van der Waals surface area contributed by atoms with Crippen LogP contribution in [-0.2, 0) is 17.8 Å². The lowest BCUT2D eigenvalue weighted by Crippen LogP contribution is -2.57. The Kier molecular flexibility index (Phi) is 7.41. The first-order chi connectivity index (χ1) is 21.0. The number of benzene rings is 2. The van der Waals surface area contributed by atoms with Crippen LogP contribution >= 0.6 is 0 Å². The topological polar surface area (TPSA) is 131 Å². The molecule has 0 spiro atoms. The molecule has 3 fully saturated rings. The van der Waals surface area contributed by atoms with E-state index in [0.29, 0.717) is 51.4 Å². The molecular weight excluding hydrogens is 544 g/mol. The zero-order valence-electron chi connectivity index (χ0n) is 24.6. The number of amides is 1. The molecule has 3 aromatic rings. The van der Waals surface area contributed by atoms with Crippen LogP contribution in [0, 0.1) is 11.3 Å². The van der Waals surface area contributed by atoms with Crippen molar-refractivity contribution in [3.8, 4) is 17.8 Å². The molecule has 1 aromatic heterocycles. The van der Waals surface area contributed by atoms with Crippen molar-refractivity contribution < 1.29 is 14.6 Å². The predicted molar refractivity (Wildman–Crippen MR) is 163 cm³/mol. The number of phenols is 1. The Bertz CT molecular complexity index is 1570. The summed E-state index contributed by atoms with van der Waals surface area (Å²) in [6.45, 7) is 5.34. The molecule has 7 rings (SSSR count). The number of rotatable bonds is 7. The van der Waals surface area contributed by atoms with Gasteiger partial charge in [-0.3, -0.25) is 4.79 Å². The molecule has 224 valence electrons. The molecule has 3 saturated heterocycles. The van der Waals surface area contributed by atoms with Crippen LogP contribution in [0.5, 0.6) is 11.8 Å². The van der Waals surface area contributed by atoms with Crippen molar-refractivity contribution in [2.75, 3.05) is 62.7 Å². The first-order valence-corrected chi connectivity index (χ1v) is 15.3. The van der Waals surface area contributed by atoms with E-state index in [4.69, 9.17) is 14.7 Å².